The van der Waals surface area contributed by atoms with Gasteiger partial charge in [0, 0.05) is 0 Å². The Labute approximate surface area is 108 Å². The molecule has 0 saturated carbocycles. The van der Waals surface area contributed by atoms with Gasteiger partial charge in [-0.2, -0.15) is 14.3 Å². The summed E-state index contributed by atoms with van der Waals surface area (Å²) in [6.45, 7) is 2.15. The summed E-state index contributed by atoms with van der Waals surface area (Å²) in [5.41, 5.74) is 0. The Morgan fingerprint density at radius 1 is 1.28 bits per heavy atom. The predicted molar refractivity (Wildman–Crippen MR) is 68.6 cm³/mol. The Hall–Kier alpha value is -1.39. The molecule has 0 fully saturated rings. The first-order valence-electron chi connectivity index (χ1n) is 6.50. The molecule has 1 rings (SSSR count). The molecule has 1 atom stereocenters. The highest BCUT2D eigenvalue weighted by molar-refractivity contribution is 6.07. The molecule has 0 saturated heterocycles. The highest BCUT2D eigenvalue weighted by atomic mass is 16.5. The molecule has 0 aromatic rings. The normalized spacial score (nSPS) is 20.7. The van der Waals surface area contributed by atoms with Crippen LogP contribution in [0.15, 0.2) is 0 Å². The third kappa shape index (κ3) is 2.89. The van der Waals surface area contributed by atoms with Crippen molar-refractivity contribution in [3.63, 3.8) is 0 Å². The number of nitrogens with zero attached hydrogens (tertiary/aromatic N) is 2. The number of unbranched alkanes of at least 4 members (excludes halogenated alkanes) is 3. The molecule has 0 radical (unpaired) electrons. The van der Waals surface area contributed by atoms with Crippen molar-refractivity contribution in [2.24, 2.45) is 5.92 Å². The lowest BCUT2D eigenvalue weighted by atomic mass is 9.97. The van der Waals surface area contributed by atoms with Gasteiger partial charge in [-0.3, -0.25) is 0 Å². The van der Waals surface area contributed by atoms with Gasteiger partial charge in [-0.25, -0.2) is 4.79 Å². The zero-order chi connectivity index (χ0) is 13.7. The van der Waals surface area contributed by atoms with E-state index in [9.17, 15) is 9.59 Å². The molecule has 0 aromatic carbocycles. The first-order valence-corrected chi connectivity index (χ1v) is 6.50. The lowest BCUT2D eigenvalue weighted by Crippen LogP contribution is -2.52. The van der Waals surface area contributed by atoms with E-state index in [-0.39, 0.29) is 17.9 Å². The van der Waals surface area contributed by atoms with Gasteiger partial charge < -0.3 is 4.74 Å². The van der Waals surface area contributed by atoms with E-state index in [0.29, 0.717) is 5.90 Å². The summed E-state index contributed by atoms with van der Waals surface area (Å²) in [5, 5.41) is 0. The van der Waals surface area contributed by atoms with E-state index in [1.165, 1.54) is 30.1 Å². The van der Waals surface area contributed by atoms with Gasteiger partial charge in [0.05, 0.1) is 21.2 Å². The van der Waals surface area contributed by atoms with Crippen LogP contribution in [0, 0.1) is 5.92 Å². The van der Waals surface area contributed by atoms with Gasteiger partial charge in [-0.05, 0) is 6.42 Å². The van der Waals surface area contributed by atoms with Crippen LogP contribution in [0.3, 0.4) is 0 Å². The largest absolute Gasteiger partial charge is 0.502 e. The van der Waals surface area contributed by atoms with E-state index < -0.39 is 0 Å². The number of carbonyl (C=O) groups is 2. The van der Waals surface area contributed by atoms with Gasteiger partial charge in [-0.15, -0.1) is 0 Å². The van der Waals surface area contributed by atoms with Gasteiger partial charge in [-0.1, -0.05) is 32.6 Å². The third-order valence-corrected chi connectivity index (χ3v) is 3.39. The Kier molecular flexibility index (Phi) is 5.31. The summed E-state index contributed by atoms with van der Waals surface area (Å²) in [6, 6.07) is -0.332. The van der Waals surface area contributed by atoms with Crippen LogP contribution in [0.25, 0.3) is 0 Å². The fraction of sp³-hybridized carbons (Fsp3) is 0.769. The Bertz CT molecular complexity index is 363. The summed E-state index contributed by atoms with van der Waals surface area (Å²) < 4.78 is 6.66. The smallest absolute Gasteiger partial charge is 0.468 e. The highest BCUT2D eigenvalue weighted by Crippen LogP contribution is 2.19. The minimum atomic E-state index is -0.332. The first-order chi connectivity index (χ1) is 8.54. The zero-order valence-electron chi connectivity index (χ0n) is 11.7. The van der Waals surface area contributed by atoms with Crippen molar-refractivity contribution in [3.8, 4) is 0 Å². The van der Waals surface area contributed by atoms with Gasteiger partial charge in [0.25, 0.3) is 5.90 Å². The summed E-state index contributed by atoms with van der Waals surface area (Å²) >= 11 is 0. The van der Waals surface area contributed by atoms with Crippen LogP contribution in [0.2, 0.25) is 0 Å². The summed E-state index contributed by atoms with van der Waals surface area (Å²) in [5.74, 6) is -0.00870. The summed E-state index contributed by atoms with van der Waals surface area (Å²) in [6.07, 6.45) is 5.17. The van der Waals surface area contributed by atoms with Crippen molar-refractivity contribution in [1.82, 2.24) is 4.90 Å². The summed E-state index contributed by atoms with van der Waals surface area (Å²) in [7, 11) is 4.67. The lowest BCUT2D eigenvalue weighted by Gasteiger charge is -2.23. The number of urea groups is 1. The number of rotatable bonds is 5. The predicted octanol–water partition coefficient (Wildman–Crippen LogP) is 1.85. The van der Waals surface area contributed by atoms with Crippen LogP contribution in [0.5, 0.6) is 0 Å². The first kappa shape index (κ1) is 14.7. The van der Waals surface area contributed by atoms with Crippen LogP contribution < -0.4 is 0 Å². The molecule has 5 nitrogen and oxygen atoms in total. The average molecular weight is 255 g/mol. The number of hydrogen-bond donors (Lipinski definition) is 0. The Morgan fingerprint density at radius 3 is 2.50 bits per heavy atom. The second-order valence-electron chi connectivity index (χ2n) is 4.68. The average Bonchev–Trinajstić information content (AvgIpc) is 2.38. The SMILES string of the molecule is CCCCCCC1C(=O)N(C)C(=O)[N+](C)=C1OC. The Balaban J connectivity index is 2.79. The van der Waals surface area contributed by atoms with Gasteiger partial charge in [0.2, 0.25) is 0 Å². The van der Waals surface area contributed by atoms with E-state index >= 15 is 0 Å². The molecule has 0 spiro atoms. The fourth-order valence-electron chi connectivity index (χ4n) is 2.29. The molecular weight excluding hydrogens is 232 g/mol. The summed E-state index contributed by atoms with van der Waals surface area (Å²) in [4.78, 5) is 25.0. The maximum atomic E-state index is 12.1. The molecule has 0 aliphatic carbocycles. The zero-order valence-corrected chi connectivity index (χ0v) is 11.7. The number of carbonyl (C=O) groups excluding carboxylic acids is 2. The van der Waals surface area contributed by atoms with Crippen molar-refractivity contribution >= 4 is 17.8 Å². The van der Waals surface area contributed by atoms with Crippen LogP contribution in [-0.4, -0.2) is 48.5 Å². The van der Waals surface area contributed by atoms with Crippen LogP contribution >= 0.6 is 0 Å². The molecule has 1 heterocycles. The number of methoxy groups -OCH3 is 1. The van der Waals surface area contributed by atoms with E-state index in [2.05, 4.69) is 6.92 Å². The third-order valence-electron chi connectivity index (χ3n) is 3.39. The number of amides is 3. The minimum absolute atomic E-state index is 0.161. The molecule has 5 heteroatoms. The van der Waals surface area contributed by atoms with Crippen molar-refractivity contribution in [2.45, 2.75) is 39.0 Å². The van der Waals surface area contributed by atoms with E-state index in [0.717, 1.165) is 25.7 Å². The minimum Gasteiger partial charge on any atom is -0.468 e. The van der Waals surface area contributed by atoms with Gasteiger partial charge in [0.1, 0.15) is 0 Å². The van der Waals surface area contributed by atoms with Crippen molar-refractivity contribution < 1.29 is 18.9 Å². The number of ether oxygens (including phenoxy) is 1. The second kappa shape index (κ2) is 6.52. The van der Waals surface area contributed by atoms with Crippen LogP contribution in [0.1, 0.15) is 39.0 Å². The molecule has 18 heavy (non-hydrogen) atoms. The lowest BCUT2D eigenvalue weighted by molar-refractivity contribution is -0.418. The number of imide groups is 1. The highest BCUT2D eigenvalue weighted by Gasteiger charge is 2.45. The van der Waals surface area contributed by atoms with Crippen molar-refractivity contribution in [2.75, 3.05) is 21.2 Å². The van der Waals surface area contributed by atoms with Gasteiger partial charge >= 0.3 is 11.9 Å². The van der Waals surface area contributed by atoms with E-state index in [4.69, 9.17) is 4.74 Å². The second-order valence-corrected chi connectivity index (χ2v) is 4.68. The quantitative estimate of drug-likeness (QED) is 0.556. The van der Waals surface area contributed by atoms with E-state index in [1.54, 1.807) is 7.05 Å². The molecule has 0 aromatic heterocycles. The van der Waals surface area contributed by atoms with Crippen molar-refractivity contribution in [3.05, 3.63) is 0 Å². The molecule has 1 aliphatic heterocycles. The molecule has 102 valence electrons. The molecule has 1 aliphatic rings. The fourth-order valence-corrected chi connectivity index (χ4v) is 2.29. The maximum Gasteiger partial charge on any atom is 0.502 e. The monoisotopic (exact) mass is 255 g/mol. The van der Waals surface area contributed by atoms with Crippen molar-refractivity contribution in [1.29, 1.82) is 0 Å². The number of hydrogen-bond acceptors (Lipinski definition) is 3. The molecule has 1 unspecified atom stereocenters. The maximum absolute atomic E-state index is 12.1. The molecular formula is C13H23N2O3+. The Morgan fingerprint density at radius 2 is 1.94 bits per heavy atom. The van der Waals surface area contributed by atoms with E-state index in [1.807, 2.05) is 0 Å². The van der Waals surface area contributed by atoms with Crippen LogP contribution in [-0.2, 0) is 9.53 Å². The van der Waals surface area contributed by atoms with Gasteiger partial charge in [0.15, 0.2) is 5.92 Å². The molecule has 3 amide bonds. The molecule has 0 N–H and O–H groups in total. The molecule has 0 bridgehead atoms. The topological polar surface area (TPSA) is 49.6 Å². The van der Waals surface area contributed by atoms with Crippen LogP contribution in [0.4, 0.5) is 4.79 Å². The standard InChI is InChI=1S/C13H23N2O3/c1-5-6-7-8-9-10-11(16)14(2)13(17)15(3)12(10)18-4/h10H,5-9H2,1-4H3/q+1.